The number of nitrogens with one attached hydrogen (secondary N) is 1. The van der Waals surface area contributed by atoms with Gasteiger partial charge in [-0.25, -0.2) is 4.39 Å². The van der Waals surface area contributed by atoms with Gasteiger partial charge in [0.15, 0.2) is 0 Å². The first-order valence-electron chi connectivity index (χ1n) is 11.0. The molecule has 1 N–H and O–H groups in total. The molecule has 1 fully saturated rings. The van der Waals surface area contributed by atoms with Crippen LogP contribution in [-0.2, 0) is 11.2 Å². The Morgan fingerprint density at radius 1 is 1.16 bits per heavy atom. The minimum Gasteiger partial charge on any atom is -0.341 e. The summed E-state index contributed by atoms with van der Waals surface area (Å²) >= 11 is 0. The lowest BCUT2D eigenvalue weighted by Gasteiger charge is -2.24. The van der Waals surface area contributed by atoms with Crippen LogP contribution in [0, 0.1) is 11.7 Å². The quantitative estimate of drug-likeness (QED) is 0.642. The third kappa shape index (κ3) is 4.72. The minimum atomic E-state index is -0.369. The van der Waals surface area contributed by atoms with Gasteiger partial charge in [0.2, 0.25) is 5.91 Å². The molecule has 1 saturated heterocycles. The summed E-state index contributed by atoms with van der Waals surface area (Å²) in [5.74, 6) is -0.741. The fourth-order valence-corrected chi connectivity index (χ4v) is 4.26. The van der Waals surface area contributed by atoms with Crippen LogP contribution < -0.4 is 0 Å². The summed E-state index contributed by atoms with van der Waals surface area (Å²) in [4.78, 5) is 29.8. The lowest BCUT2D eigenvalue weighted by molar-refractivity contribution is -0.134. The summed E-state index contributed by atoms with van der Waals surface area (Å²) in [5.41, 5.74) is 2.67. The molecule has 6 nitrogen and oxygen atoms in total. The number of H-pyrrole nitrogens is 1. The maximum Gasteiger partial charge on any atom is 0.271 e. The fourth-order valence-electron chi connectivity index (χ4n) is 4.26. The normalized spacial score (nSPS) is 16.8. The van der Waals surface area contributed by atoms with E-state index in [0.29, 0.717) is 43.9 Å². The average molecular weight is 435 g/mol. The Bertz CT molecular complexity index is 1080. The lowest BCUT2D eigenvalue weighted by atomic mass is 9.94. The van der Waals surface area contributed by atoms with E-state index in [1.807, 2.05) is 42.2 Å². The van der Waals surface area contributed by atoms with Gasteiger partial charge in [0.1, 0.15) is 11.5 Å². The molecule has 0 aliphatic carbocycles. The third-order valence-corrected chi connectivity index (χ3v) is 5.85. The van der Waals surface area contributed by atoms with Gasteiger partial charge in [-0.2, -0.15) is 5.10 Å². The molecule has 1 aliphatic rings. The Kier molecular flexibility index (Phi) is 6.63. The Balaban J connectivity index is 1.59. The molecule has 0 bridgehead atoms. The summed E-state index contributed by atoms with van der Waals surface area (Å²) in [7, 11) is 0. The first-order valence-corrected chi connectivity index (χ1v) is 11.0. The summed E-state index contributed by atoms with van der Waals surface area (Å²) < 4.78 is 14.3. The van der Waals surface area contributed by atoms with Crippen molar-refractivity contribution in [2.45, 2.75) is 19.8 Å². The van der Waals surface area contributed by atoms with E-state index in [0.717, 1.165) is 17.5 Å². The van der Waals surface area contributed by atoms with Crippen molar-refractivity contribution in [3.05, 3.63) is 77.9 Å². The molecule has 1 atom stereocenters. The molecule has 1 aliphatic heterocycles. The topological polar surface area (TPSA) is 69.3 Å². The van der Waals surface area contributed by atoms with Crippen molar-refractivity contribution in [1.82, 2.24) is 20.0 Å². The number of nitrogens with zero attached hydrogens (tertiary/aromatic N) is 3. The van der Waals surface area contributed by atoms with Crippen LogP contribution in [0.5, 0.6) is 0 Å². The van der Waals surface area contributed by atoms with E-state index in [-0.39, 0.29) is 23.5 Å². The van der Waals surface area contributed by atoms with Crippen LogP contribution in [-0.4, -0.2) is 58.0 Å². The number of rotatable bonds is 6. The Morgan fingerprint density at radius 3 is 2.75 bits per heavy atom. The largest absolute Gasteiger partial charge is 0.341 e. The lowest BCUT2D eigenvalue weighted by Crippen LogP contribution is -2.38. The Labute approximate surface area is 187 Å². The predicted octanol–water partition coefficient (Wildman–Crippen LogP) is 3.77. The van der Waals surface area contributed by atoms with Crippen molar-refractivity contribution in [2.75, 3.05) is 26.2 Å². The molecular weight excluding hydrogens is 407 g/mol. The van der Waals surface area contributed by atoms with Crippen molar-refractivity contribution in [2.24, 2.45) is 5.92 Å². The van der Waals surface area contributed by atoms with Crippen molar-refractivity contribution in [3.63, 3.8) is 0 Å². The molecule has 2 amide bonds. The summed E-state index contributed by atoms with van der Waals surface area (Å²) in [6.45, 7) is 4.03. The number of carbonyl (C=O) groups is 2. The van der Waals surface area contributed by atoms with Gasteiger partial charge in [0, 0.05) is 37.9 Å². The first kappa shape index (κ1) is 21.7. The second-order valence-electron chi connectivity index (χ2n) is 8.13. The van der Waals surface area contributed by atoms with Crippen molar-refractivity contribution in [1.29, 1.82) is 0 Å². The third-order valence-electron chi connectivity index (χ3n) is 5.85. The van der Waals surface area contributed by atoms with Gasteiger partial charge in [-0.05, 0) is 36.1 Å². The molecular formula is C25H27FN4O2. The van der Waals surface area contributed by atoms with E-state index in [2.05, 4.69) is 10.2 Å². The maximum atomic E-state index is 14.3. The van der Waals surface area contributed by atoms with Gasteiger partial charge in [-0.1, -0.05) is 49.4 Å². The molecule has 1 aromatic heterocycles. The van der Waals surface area contributed by atoms with E-state index in [1.165, 1.54) is 6.07 Å². The molecule has 0 spiro atoms. The van der Waals surface area contributed by atoms with Crippen LogP contribution >= 0.6 is 0 Å². The van der Waals surface area contributed by atoms with Crippen LogP contribution in [0.3, 0.4) is 0 Å². The summed E-state index contributed by atoms with van der Waals surface area (Å²) in [5, 5.41) is 6.60. The number of aromatic nitrogens is 2. The van der Waals surface area contributed by atoms with Gasteiger partial charge in [-0.15, -0.1) is 0 Å². The first-order chi connectivity index (χ1) is 15.6. The molecule has 32 heavy (non-hydrogen) atoms. The standard InChI is InChI=1S/C25H27FN4O2/c1-2-12-29-13-14-30(25(32)23-10-11-27-28-23)17-20(24(29)31)16-18-6-5-7-19(15-18)21-8-3-4-9-22(21)26/h3-11,15,20H,2,12-14,16-17H2,1H3,(H,27,28)/t20-/m0/s1. The number of hydrogen-bond acceptors (Lipinski definition) is 3. The fraction of sp³-hybridized carbons (Fsp3) is 0.320. The Hall–Kier alpha value is -3.48. The maximum absolute atomic E-state index is 14.3. The Morgan fingerprint density at radius 2 is 2.00 bits per heavy atom. The molecule has 4 rings (SSSR count). The van der Waals surface area contributed by atoms with Gasteiger partial charge >= 0.3 is 0 Å². The number of halogens is 1. The average Bonchev–Trinajstić information content (AvgIpc) is 3.30. The molecule has 2 heterocycles. The SMILES string of the molecule is CCCN1CCN(C(=O)c2ccn[nH]2)C[C@H](Cc2cccc(-c3ccccc3F)c2)C1=O. The molecule has 0 radical (unpaired) electrons. The highest BCUT2D eigenvalue weighted by Gasteiger charge is 2.32. The van der Waals surface area contributed by atoms with Gasteiger partial charge in [0.05, 0.1) is 5.92 Å². The molecule has 2 aromatic carbocycles. The van der Waals surface area contributed by atoms with E-state index in [1.54, 1.807) is 29.3 Å². The molecule has 166 valence electrons. The highest BCUT2D eigenvalue weighted by molar-refractivity contribution is 5.93. The van der Waals surface area contributed by atoms with E-state index >= 15 is 0 Å². The number of hydrogen-bond donors (Lipinski definition) is 1. The number of amides is 2. The van der Waals surface area contributed by atoms with E-state index in [9.17, 15) is 14.0 Å². The van der Waals surface area contributed by atoms with E-state index < -0.39 is 0 Å². The van der Waals surface area contributed by atoms with Crippen LogP contribution in [0.1, 0.15) is 29.4 Å². The van der Waals surface area contributed by atoms with Crippen LogP contribution in [0.25, 0.3) is 11.1 Å². The van der Waals surface area contributed by atoms with Crippen LogP contribution in [0.2, 0.25) is 0 Å². The van der Waals surface area contributed by atoms with Gasteiger partial charge in [0.25, 0.3) is 5.91 Å². The molecule has 0 saturated carbocycles. The second-order valence-corrected chi connectivity index (χ2v) is 8.13. The molecule has 7 heteroatoms. The van der Waals surface area contributed by atoms with Crippen LogP contribution in [0.15, 0.2) is 60.8 Å². The van der Waals surface area contributed by atoms with Crippen molar-refractivity contribution >= 4 is 11.8 Å². The number of benzene rings is 2. The minimum absolute atomic E-state index is 0.0584. The molecule has 3 aromatic rings. The zero-order valence-corrected chi connectivity index (χ0v) is 18.1. The monoisotopic (exact) mass is 434 g/mol. The van der Waals surface area contributed by atoms with Crippen molar-refractivity contribution < 1.29 is 14.0 Å². The number of carbonyl (C=O) groups excluding carboxylic acids is 2. The van der Waals surface area contributed by atoms with Gasteiger partial charge < -0.3 is 9.80 Å². The van der Waals surface area contributed by atoms with E-state index in [4.69, 9.17) is 0 Å². The predicted molar refractivity (Wildman–Crippen MR) is 120 cm³/mol. The summed E-state index contributed by atoms with van der Waals surface area (Å²) in [6.07, 6.45) is 2.88. The smallest absolute Gasteiger partial charge is 0.271 e. The zero-order valence-electron chi connectivity index (χ0n) is 18.1. The van der Waals surface area contributed by atoms with Gasteiger partial charge in [-0.3, -0.25) is 14.7 Å². The highest BCUT2D eigenvalue weighted by atomic mass is 19.1. The van der Waals surface area contributed by atoms with Crippen LogP contribution in [0.4, 0.5) is 4.39 Å². The molecule has 0 unspecified atom stereocenters. The second kappa shape index (κ2) is 9.77. The summed E-state index contributed by atoms with van der Waals surface area (Å²) in [6, 6.07) is 15.9. The highest BCUT2D eigenvalue weighted by Crippen LogP contribution is 2.25. The number of aromatic amines is 1. The zero-order chi connectivity index (χ0) is 22.5. The van der Waals surface area contributed by atoms with Crippen molar-refractivity contribution in [3.8, 4) is 11.1 Å².